The van der Waals surface area contributed by atoms with E-state index in [1.54, 1.807) is 0 Å². The van der Waals surface area contributed by atoms with Crippen molar-refractivity contribution in [1.82, 2.24) is 20.4 Å². The lowest BCUT2D eigenvalue weighted by Gasteiger charge is -2.16. The highest BCUT2D eigenvalue weighted by atomic mass is 19.4. The van der Waals surface area contributed by atoms with Gasteiger partial charge in [-0.1, -0.05) is 37.3 Å². The zero-order valence-corrected chi connectivity index (χ0v) is 17.0. The number of benzene rings is 1. The van der Waals surface area contributed by atoms with Crippen LogP contribution in [-0.4, -0.2) is 35.4 Å². The summed E-state index contributed by atoms with van der Waals surface area (Å²) >= 11 is 0. The van der Waals surface area contributed by atoms with Gasteiger partial charge in [0.05, 0.1) is 19.8 Å². The molecule has 1 aromatic carbocycles. The van der Waals surface area contributed by atoms with Gasteiger partial charge in [-0.3, -0.25) is 4.68 Å². The number of rotatable bonds is 9. The Morgan fingerprint density at radius 1 is 1.24 bits per heavy atom. The number of nitrogens with one attached hydrogen (secondary N) is 2. The molecule has 0 radical (unpaired) electrons. The van der Waals surface area contributed by atoms with Crippen LogP contribution in [0.3, 0.4) is 0 Å². The van der Waals surface area contributed by atoms with E-state index in [-0.39, 0.29) is 18.0 Å². The van der Waals surface area contributed by atoms with E-state index >= 15 is 0 Å². The second-order valence-corrected chi connectivity index (χ2v) is 6.86. The van der Waals surface area contributed by atoms with Crippen LogP contribution in [0.4, 0.5) is 13.2 Å². The quantitative estimate of drug-likeness (QED) is 0.491. The molecule has 2 N–H and O–H groups in total. The highest BCUT2D eigenvalue weighted by Crippen LogP contribution is 2.30. The summed E-state index contributed by atoms with van der Waals surface area (Å²) in [4.78, 5) is 4.27. The van der Waals surface area contributed by atoms with Crippen LogP contribution in [0.1, 0.15) is 30.7 Å². The molecule has 0 amide bonds. The second kappa shape index (κ2) is 10.8. The summed E-state index contributed by atoms with van der Waals surface area (Å²) in [7, 11) is 1.46. The van der Waals surface area contributed by atoms with E-state index < -0.39 is 11.9 Å². The first-order valence-corrected chi connectivity index (χ1v) is 9.53. The Labute approximate surface area is 169 Å². The fourth-order valence-electron chi connectivity index (χ4n) is 2.68. The van der Waals surface area contributed by atoms with Crippen molar-refractivity contribution < 1.29 is 17.9 Å². The zero-order chi connectivity index (χ0) is 21.3. The molecule has 1 atom stereocenters. The smallest absolute Gasteiger partial charge is 0.376 e. The molecule has 1 heterocycles. The summed E-state index contributed by atoms with van der Waals surface area (Å²) < 4.78 is 46.1. The third-order valence-corrected chi connectivity index (χ3v) is 4.06. The van der Waals surface area contributed by atoms with Crippen LogP contribution in [0.15, 0.2) is 41.5 Å². The second-order valence-electron chi connectivity index (χ2n) is 6.86. The number of halogens is 3. The van der Waals surface area contributed by atoms with Gasteiger partial charge >= 0.3 is 6.18 Å². The molecule has 2 aromatic rings. The first-order chi connectivity index (χ1) is 13.8. The summed E-state index contributed by atoms with van der Waals surface area (Å²) in [5.74, 6) is 0.658. The van der Waals surface area contributed by atoms with Crippen molar-refractivity contribution in [3.63, 3.8) is 0 Å². The Morgan fingerprint density at radius 2 is 1.97 bits per heavy atom. The molecule has 9 heteroatoms. The average molecular weight is 411 g/mol. The van der Waals surface area contributed by atoms with Gasteiger partial charge < -0.3 is 15.4 Å². The molecule has 0 bridgehead atoms. The highest BCUT2D eigenvalue weighted by molar-refractivity contribution is 5.79. The van der Waals surface area contributed by atoms with E-state index in [1.165, 1.54) is 13.2 Å². The molecule has 0 saturated carbocycles. The molecule has 0 aliphatic carbocycles. The molecule has 0 fully saturated rings. The van der Waals surface area contributed by atoms with Crippen LogP contribution in [0.2, 0.25) is 0 Å². The molecule has 6 nitrogen and oxygen atoms in total. The molecule has 0 spiro atoms. The van der Waals surface area contributed by atoms with E-state index in [0.29, 0.717) is 32.3 Å². The SMILES string of the molecule is CCNC(=NCc1cn(C)nc1C(F)(F)F)NCC(C)COCc1ccccc1. The van der Waals surface area contributed by atoms with E-state index in [0.717, 1.165) is 10.2 Å². The molecule has 1 unspecified atom stereocenters. The summed E-state index contributed by atoms with van der Waals surface area (Å²) in [6.07, 6.45) is -3.15. The van der Waals surface area contributed by atoms with Crippen molar-refractivity contribution in [3.05, 3.63) is 53.3 Å². The lowest BCUT2D eigenvalue weighted by Crippen LogP contribution is -2.40. The minimum absolute atomic E-state index is 0.0384. The average Bonchev–Trinajstić information content (AvgIpc) is 3.06. The van der Waals surface area contributed by atoms with Crippen molar-refractivity contribution in [2.24, 2.45) is 18.0 Å². The van der Waals surface area contributed by atoms with E-state index in [2.05, 4.69) is 20.7 Å². The number of aliphatic imine (C=N–C) groups is 1. The van der Waals surface area contributed by atoms with Gasteiger partial charge in [0.1, 0.15) is 0 Å². The topological polar surface area (TPSA) is 63.5 Å². The molecule has 2 rings (SSSR count). The van der Waals surface area contributed by atoms with Crippen LogP contribution in [0, 0.1) is 5.92 Å². The number of guanidine groups is 1. The summed E-state index contributed by atoms with van der Waals surface area (Å²) in [6.45, 7) is 6.10. The Balaban J connectivity index is 1.86. The summed E-state index contributed by atoms with van der Waals surface area (Å²) in [5.41, 5.74) is 0.248. The number of hydrogen-bond donors (Lipinski definition) is 2. The maximum Gasteiger partial charge on any atom is 0.435 e. The maximum atomic E-state index is 13.1. The highest BCUT2D eigenvalue weighted by Gasteiger charge is 2.36. The van der Waals surface area contributed by atoms with Crippen molar-refractivity contribution in [3.8, 4) is 0 Å². The zero-order valence-electron chi connectivity index (χ0n) is 17.0. The molecule has 1 aromatic heterocycles. The van der Waals surface area contributed by atoms with E-state index in [4.69, 9.17) is 4.74 Å². The third-order valence-electron chi connectivity index (χ3n) is 4.06. The Morgan fingerprint density at radius 3 is 2.62 bits per heavy atom. The van der Waals surface area contributed by atoms with Crippen molar-refractivity contribution >= 4 is 5.96 Å². The van der Waals surface area contributed by atoms with Gasteiger partial charge in [-0.05, 0) is 18.4 Å². The van der Waals surface area contributed by atoms with Crippen LogP contribution in [0.5, 0.6) is 0 Å². The van der Waals surface area contributed by atoms with Gasteiger partial charge in [0.25, 0.3) is 0 Å². The first kappa shape index (κ1) is 22.7. The molecular weight excluding hydrogens is 383 g/mol. The predicted octanol–water partition coefficient (Wildman–Crippen LogP) is 3.35. The van der Waals surface area contributed by atoms with Crippen molar-refractivity contribution in [2.75, 3.05) is 19.7 Å². The molecule has 0 aliphatic heterocycles. The minimum Gasteiger partial charge on any atom is -0.376 e. The lowest BCUT2D eigenvalue weighted by molar-refractivity contribution is -0.142. The normalized spacial score (nSPS) is 13.4. The van der Waals surface area contributed by atoms with Crippen molar-refractivity contribution in [2.45, 2.75) is 33.2 Å². The van der Waals surface area contributed by atoms with Gasteiger partial charge in [-0.2, -0.15) is 18.3 Å². The molecule has 160 valence electrons. The third kappa shape index (κ3) is 7.77. The van der Waals surface area contributed by atoms with E-state index in [1.807, 2.05) is 44.2 Å². The molecule has 0 saturated heterocycles. The van der Waals surface area contributed by atoms with Crippen molar-refractivity contribution in [1.29, 1.82) is 0 Å². The number of nitrogens with zero attached hydrogens (tertiary/aromatic N) is 3. The monoisotopic (exact) mass is 411 g/mol. The Kier molecular flexibility index (Phi) is 8.50. The minimum atomic E-state index is -4.50. The van der Waals surface area contributed by atoms with Crippen LogP contribution >= 0.6 is 0 Å². The summed E-state index contributed by atoms with van der Waals surface area (Å²) in [5, 5.41) is 9.70. The van der Waals surface area contributed by atoms with Crippen LogP contribution < -0.4 is 10.6 Å². The van der Waals surface area contributed by atoms with Gasteiger partial charge in [-0.15, -0.1) is 0 Å². The number of ether oxygens (including phenoxy) is 1. The number of aryl methyl sites for hydroxylation is 1. The number of aromatic nitrogens is 2. The standard InChI is InChI=1S/C20H28F3N5O/c1-4-24-19(26-11-17-12-28(3)27-18(17)20(21,22)23)25-10-15(2)13-29-14-16-8-6-5-7-9-16/h5-9,12,15H,4,10-11,13-14H2,1-3H3,(H2,24,25,26). The Bertz CT molecular complexity index is 774. The molecule has 29 heavy (non-hydrogen) atoms. The fraction of sp³-hybridized carbons (Fsp3) is 0.500. The number of alkyl halides is 3. The number of hydrogen-bond acceptors (Lipinski definition) is 3. The van der Waals surface area contributed by atoms with Gasteiger partial charge in [0, 0.05) is 31.9 Å². The first-order valence-electron chi connectivity index (χ1n) is 9.53. The van der Waals surface area contributed by atoms with Gasteiger partial charge in [-0.25, -0.2) is 4.99 Å². The maximum absolute atomic E-state index is 13.1. The summed E-state index contributed by atoms with van der Waals surface area (Å²) in [6, 6.07) is 9.91. The molecule has 0 aliphatic rings. The largest absolute Gasteiger partial charge is 0.435 e. The van der Waals surface area contributed by atoms with Gasteiger partial charge in [0.15, 0.2) is 11.7 Å². The Hall–Kier alpha value is -2.55. The van der Waals surface area contributed by atoms with E-state index in [9.17, 15) is 13.2 Å². The lowest BCUT2D eigenvalue weighted by atomic mass is 10.2. The molecular formula is C20H28F3N5O. The van der Waals surface area contributed by atoms with Crippen LogP contribution in [-0.2, 0) is 31.1 Å². The fourth-order valence-corrected chi connectivity index (χ4v) is 2.68. The van der Waals surface area contributed by atoms with Crippen LogP contribution in [0.25, 0.3) is 0 Å². The van der Waals surface area contributed by atoms with Gasteiger partial charge in [0.2, 0.25) is 0 Å². The predicted molar refractivity (Wildman–Crippen MR) is 106 cm³/mol.